The predicted molar refractivity (Wildman–Crippen MR) is 116 cm³/mol. The monoisotopic (exact) mass is 520 g/mol. The Morgan fingerprint density at radius 1 is 1.27 bits per heavy atom. The molecule has 0 aliphatic carbocycles. The van der Waals surface area contributed by atoms with E-state index in [1.165, 1.54) is 24.2 Å². The van der Waals surface area contributed by atoms with Crippen LogP contribution in [-0.4, -0.2) is 16.9 Å². The SMILES string of the molecule is CC1(O)C(=O)N(Cc2ccccc2F)c2cc(C(=O)NCc3ccco3)cc(I)c21. The van der Waals surface area contributed by atoms with E-state index in [1.807, 2.05) is 22.6 Å². The van der Waals surface area contributed by atoms with Crippen molar-refractivity contribution in [3.8, 4) is 0 Å². The number of amides is 2. The number of nitrogens with zero attached hydrogens (tertiary/aromatic N) is 1. The van der Waals surface area contributed by atoms with E-state index in [2.05, 4.69) is 5.32 Å². The Labute approximate surface area is 185 Å². The molecule has 0 saturated heterocycles. The van der Waals surface area contributed by atoms with E-state index in [-0.39, 0.29) is 19.0 Å². The number of hydrogen-bond donors (Lipinski definition) is 2. The van der Waals surface area contributed by atoms with Gasteiger partial charge in [-0.2, -0.15) is 0 Å². The summed E-state index contributed by atoms with van der Waals surface area (Å²) >= 11 is 2.00. The maximum absolute atomic E-state index is 14.2. The van der Waals surface area contributed by atoms with Crippen LogP contribution in [0, 0.1) is 9.39 Å². The van der Waals surface area contributed by atoms with Crippen LogP contribution in [0.2, 0.25) is 0 Å². The summed E-state index contributed by atoms with van der Waals surface area (Å²) in [6, 6.07) is 12.8. The molecule has 1 aromatic heterocycles. The van der Waals surface area contributed by atoms with E-state index in [0.29, 0.717) is 31.7 Å². The lowest BCUT2D eigenvalue weighted by atomic mass is 9.96. The Hall–Kier alpha value is -2.72. The van der Waals surface area contributed by atoms with Crippen LogP contribution in [0.4, 0.5) is 10.1 Å². The van der Waals surface area contributed by atoms with Crippen LogP contribution in [0.1, 0.15) is 34.2 Å². The van der Waals surface area contributed by atoms with Gasteiger partial charge in [0.25, 0.3) is 11.8 Å². The van der Waals surface area contributed by atoms with Crippen LogP contribution in [0.15, 0.2) is 59.2 Å². The standard InChI is InChI=1S/C22H18FIN2O4/c1-22(29)19-17(24)9-14(20(27)25-11-15-6-4-8-30-15)10-18(19)26(21(22)28)12-13-5-2-3-7-16(13)23/h2-10,29H,11-12H2,1H3,(H,25,27). The molecule has 1 aliphatic heterocycles. The second-order valence-corrected chi connectivity index (χ2v) is 8.33. The third-order valence-corrected chi connectivity index (χ3v) is 5.91. The Morgan fingerprint density at radius 3 is 2.73 bits per heavy atom. The topological polar surface area (TPSA) is 82.8 Å². The van der Waals surface area contributed by atoms with E-state index in [0.717, 1.165) is 0 Å². The number of carbonyl (C=O) groups excluding carboxylic acids is 2. The van der Waals surface area contributed by atoms with Gasteiger partial charge in [0.15, 0.2) is 5.60 Å². The average Bonchev–Trinajstić information content (AvgIpc) is 3.29. The van der Waals surface area contributed by atoms with Crippen LogP contribution in [0.5, 0.6) is 0 Å². The lowest BCUT2D eigenvalue weighted by molar-refractivity contribution is -0.134. The maximum atomic E-state index is 14.2. The van der Waals surface area contributed by atoms with Crippen LogP contribution in [-0.2, 0) is 23.5 Å². The molecule has 30 heavy (non-hydrogen) atoms. The summed E-state index contributed by atoms with van der Waals surface area (Å²) in [5.74, 6) is -0.748. The first-order chi connectivity index (χ1) is 14.3. The maximum Gasteiger partial charge on any atom is 0.263 e. The minimum atomic E-state index is -1.76. The minimum absolute atomic E-state index is 0.0534. The molecular weight excluding hydrogens is 502 g/mol. The molecule has 2 heterocycles. The summed E-state index contributed by atoms with van der Waals surface area (Å²) in [7, 11) is 0. The number of halogens is 2. The summed E-state index contributed by atoms with van der Waals surface area (Å²) in [6.07, 6.45) is 1.52. The highest BCUT2D eigenvalue weighted by Gasteiger charge is 2.48. The second-order valence-electron chi connectivity index (χ2n) is 7.17. The fourth-order valence-electron chi connectivity index (χ4n) is 3.53. The number of anilines is 1. The molecule has 8 heteroatoms. The Balaban J connectivity index is 1.69. The quantitative estimate of drug-likeness (QED) is 0.503. The van der Waals surface area contributed by atoms with Gasteiger partial charge in [0.05, 0.1) is 25.0 Å². The molecular formula is C22H18FIN2O4. The van der Waals surface area contributed by atoms with Crippen molar-refractivity contribution >= 4 is 40.1 Å². The summed E-state index contributed by atoms with van der Waals surface area (Å²) in [5, 5.41) is 13.6. The first-order valence-electron chi connectivity index (χ1n) is 9.21. The number of hydrogen-bond acceptors (Lipinski definition) is 4. The molecule has 0 bridgehead atoms. The first-order valence-corrected chi connectivity index (χ1v) is 10.3. The van der Waals surface area contributed by atoms with E-state index < -0.39 is 17.3 Å². The molecule has 2 amide bonds. The largest absolute Gasteiger partial charge is 0.467 e. The highest BCUT2D eigenvalue weighted by atomic mass is 127. The molecule has 1 atom stereocenters. The normalized spacial score (nSPS) is 17.9. The van der Waals surface area contributed by atoms with Crippen molar-refractivity contribution in [1.29, 1.82) is 0 Å². The highest BCUT2D eigenvalue weighted by molar-refractivity contribution is 14.1. The van der Waals surface area contributed by atoms with Crippen molar-refractivity contribution < 1.29 is 23.5 Å². The summed E-state index contributed by atoms with van der Waals surface area (Å²) in [6.45, 7) is 1.58. The number of nitrogens with one attached hydrogen (secondary N) is 1. The second kappa shape index (κ2) is 7.84. The zero-order chi connectivity index (χ0) is 21.5. The molecule has 4 rings (SSSR count). The number of carbonyl (C=O) groups is 2. The molecule has 0 spiro atoms. The van der Waals surface area contributed by atoms with Crippen LogP contribution >= 0.6 is 22.6 Å². The molecule has 2 N–H and O–H groups in total. The van der Waals surface area contributed by atoms with Crippen molar-refractivity contribution in [2.45, 2.75) is 25.6 Å². The van der Waals surface area contributed by atoms with E-state index in [9.17, 15) is 19.1 Å². The van der Waals surface area contributed by atoms with Gasteiger partial charge < -0.3 is 19.7 Å². The van der Waals surface area contributed by atoms with Gasteiger partial charge in [-0.15, -0.1) is 0 Å². The molecule has 6 nitrogen and oxygen atoms in total. The Bertz CT molecular complexity index is 1130. The lowest BCUT2D eigenvalue weighted by Crippen LogP contribution is -2.38. The lowest BCUT2D eigenvalue weighted by Gasteiger charge is -2.20. The molecule has 0 saturated carbocycles. The number of aliphatic hydroxyl groups is 1. The Kier molecular flexibility index (Phi) is 5.37. The number of fused-ring (bicyclic) bond motifs is 1. The summed E-state index contributed by atoms with van der Waals surface area (Å²) in [5.41, 5.74) is -0.318. The summed E-state index contributed by atoms with van der Waals surface area (Å²) in [4.78, 5) is 26.9. The third kappa shape index (κ3) is 3.61. The molecule has 3 aromatic rings. The van der Waals surface area contributed by atoms with Gasteiger partial charge >= 0.3 is 0 Å². The van der Waals surface area contributed by atoms with Crippen LogP contribution < -0.4 is 10.2 Å². The van der Waals surface area contributed by atoms with E-state index in [1.54, 1.807) is 42.5 Å². The minimum Gasteiger partial charge on any atom is -0.467 e. The van der Waals surface area contributed by atoms with Gasteiger partial charge in [0.2, 0.25) is 0 Å². The molecule has 0 fully saturated rings. The van der Waals surface area contributed by atoms with E-state index in [4.69, 9.17) is 4.42 Å². The van der Waals surface area contributed by atoms with Crippen molar-refractivity contribution in [3.63, 3.8) is 0 Å². The molecule has 1 unspecified atom stereocenters. The van der Waals surface area contributed by atoms with Crippen molar-refractivity contribution in [2.75, 3.05) is 4.90 Å². The van der Waals surface area contributed by atoms with Gasteiger partial charge in [0.1, 0.15) is 11.6 Å². The van der Waals surface area contributed by atoms with Gasteiger partial charge in [-0.3, -0.25) is 9.59 Å². The summed E-state index contributed by atoms with van der Waals surface area (Å²) < 4.78 is 20.0. The zero-order valence-corrected chi connectivity index (χ0v) is 18.1. The number of furan rings is 1. The molecule has 2 aromatic carbocycles. The van der Waals surface area contributed by atoms with Crippen molar-refractivity contribution in [1.82, 2.24) is 5.32 Å². The van der Waals surface area contributed by atoms with Gasteiger partial charge in [0, 0.05) is 20.3 Å². The zero-order valence-electron chi connectivity index (χ0n) is 16.0. The number of benzene rings is 2. The highest BCUT2D eigenvalue weighted by Crippen LogP contribution is 2.44. The first kappa shape index (κ1) is 20.5. The third-order valence-electron chi connectivity index (χ3n) is 5.06. The fourth-order valence-corrected chi connectivity index (χ4v) is 4.67. The van der Waals surface area contributed by atoms with E-state index >= 15 is 0 Å². The van der Waals surface area contributed by atoms with Gasteiger partial charge in [-0.1, -0.05) is 18.2 Å². The number of rotatable bonds is 5. The molecule has 1 aliphatic rings. The predicted octanol–water partition coefficient (Wildman–Crippen LogP) is 3.71. The van der Waals surface area contributed by atoms with Crippen LogP contribution in [0.25, 0.3) is 0 Å². The average molecular weight is 520 g/mol. The molecule has 0 radical (unpaired) electrons. The Morgan fingerprint density at radius 2 is 2.03 bits per heavy atom. The molecule has 154 valence electrons. The smallest absolute Gasteiger partial charge is 0.263 e. The van der Waals surface area contributed by atoms with Gasteiger partial charge in [-0.25, -0.2) is 4.39 Å². The van der Waals surface area contributed by atoms with Gasteiger partial charge in [-0.05, 0) is 59.8 Å². The fraction of sp³-hybridized carbons (Fsp3) is 0.182. The van der Waals surface area contributed by atoms with Crippen molar-refractivity contribution in [3.05, 3.63) is 86.6 Å². The van der Waals surface area contributed by atoms with Crippen molar-refractivity contribution in [2.24, 2.45) is 0 Å². The van der Waals surface area contributed by atoms with Crippen LogP contribution in [0.3, 0.4) is 0 Å².